The van der Waals surface area contributed by atoms with E-state index in [4.69, 9.17) is 11.6 Å². The average molecular weight is 431 g/mol. The Balaban J connectivity index is 0.00000180. The second-order valence-electron chi connectivity index (χ2n) is 8.96. The number of nitrogens with zero attached hydrogens (tertiary/aromatic N) is 2. The first-order valence-electron chi connectivity index (χ1n) is 9.96. The van der Waals surface area contributed by atoms with Crippen molar-refractivity contribution in [3.05, 3.63) is 29.3 Å². The molecule has 0 spiro atoms. The Morgan fingerprint density at radius 2 is 1.41 bits per heavy atom. The largest absolute Gasteiger partial charge is 0.295 e. The third-order valence-electron chi connectivity index (χ3n) is 7.37. The SMILES string of the molecule is Cl.O=S(=O)(c1ccccc1Cl)N1CCN(C23CC4CC(CC(C4)C2)C3)CC1. The first kappa shape index (κ1) is 20.0. The van der Waals surface area contributed by atoms with Crippen LogP contribution in [0.25, 0.3) is 0 Å². The van der Waals surface area contributed by atoms with Gasteiger partial charge >= 0.3 is 0 Å². The molecule has 0 radical (unpaired) electrons. The highest BCUT2D eigenvalue weighted by Crippen LogP contribution is 2.57. The van der Waals surface area contributed by atoms with E-state index in [1.807, 2.05) is 0 Å². The Hall–Kier alpha value is -0.330. The topological polar surface area (TPSA) is 40.6 Å². The minimum Gasteiger partial charge on any atom is -0.295 e. The van der Waals surface area contributed by atoms with E-state index >= 15 is 0 Å². The van der Waals surface area contributed by atoms with Crippen LogP contribution in [0.3, 0.4) is 0 Å². The molecule has 1 saturated heterocycles. The first-order valence-corrected chi connectivity index (χ1v) is 11.8. The van der Waals surface area contributed by atoms with Crippen LogP contribution in [0.15, 0.2) is 29.2 Å². The predicted molar refractivity (Wildman–Crippen MR) is 110 cm³/mol. The summed E-state index contributed by atoms with van der Waals surface area (Å²) in [5, 5.41) is 0.316. The Kier molecular flexibility index (Phi) is 5.30. The van der Waals surface area contributed by atoms with Gasteiger partial charge in [0, 0.05) is 31.7 Å². The Labute approximate surface area is 173 Å². The number of sulfonamides is 1. The molecular formula is C20H28Cl2N2O2S. The van der Waals surface area contributed by atoms with Gasteiger partial charge in [-0.1, -0.05) is 23.7 Å². The molecule has 0 atom stereocenters. The maximum Gasteiger partial charge on any atom is 0.244 e. The molecule has 5 fully saturated rings. The van der Waals surface area contributed by atoms with Crippen LogP contribution in [0.2, 0.25) is 5.02 Å². The summed E-state index contributed by atoms with van der Waals surface area (Å²) in [6, 6.07) is 6.78. The summed E-state index contributed by atoms with van der Waals surface area (Å²) in [5.74, 6) is 2.77. The molecule has 5 aliphatic rings. The number of benzene rings is 1. The van der Waals surface area contributed by atoms with E-state index in [0.717, 1.165) is 30.8 Å². The van der Waals surface area contributed by atoms with Crippen LogP contribution in [-0.2, 0) is 10.0 Å². The fourth-order valence-corrected chi connectivity index (χ4v) is 8.56. The van der Waals surface area contributed by atoms with Gasteiger partial charge in [0.15, 0.2) is 0 Å². The molecule has 1 aromatic rings. The van der Waals surface area contributed by atoms with Crippen molar-refractivity contribution in [2.45, 2.75) is 49.0 Å². The predicted octanol–water partition coefficient (Wildman–Crippen LogP) is 4.04. The molecule has 1 heterocycles. The van der Waals surface area contributed by atoms with E-state index in [-0.39, 0.29) is 17.3 Å². The molecule has 0 unspecified atom stereocenters. The van der Waals surface area contributed by atoms with Gasteiger partial charge in [0.05, 0.1) is 5.02 Å². The Morgan fingerprint density at radius 1 is 0.889 bits per heavy atom. The highest BCUT2D eigenvalue weighted by molar-refractivity contribution is 7.89. The zero-order chi connectivity index (χ0) is 17.9. The maximum absolute atomic E-state index is 13.0. The normalized spacial score (nSPS) is 36.6. The highest BCUT2D eigenvalue weighted by atomic mass is 35.5. The van der Waals surface area contributed by atoms with Crippen LogP contribution in [-0.4, -0.2) is 49.3 Å². The van der Waals surface area contributed by atoms with E-state index in [2.05, 4.69) is 4.90 Å². The molecule has 0 amide bonds. The van der Waals surface area contributed by atoms with Crippen molar-refractivity contribution in [3.63, 3.8) is 0 Å². The third kappa shape index (κ3) is 3.33. The molecule has 4 saturated carbocycles. The number of piperazine rings is 1. The van der Waals surface area contributed by atoms with Gasteiger partial charge in [-0.3, -0.25) is 4.90 Å². The zero-order valence-electron chi connectivity index (χ0n) is 15.5. The lowest BCUT2D eigenvalue weighted by Crippen LogP contribution is -2.64. The third-order valence-corrected chi connectivity index (χ3v) is 9.77. The molecule has 0 N–H and O–H groups in total. The van der Waals surface area contributed by atoms with Gasteiger partial charge in [-0.25, -0.2) is 8.42 Å². The van der Waals surface area contributed by atoms with Crippen LogP contribution in [0, 0.1) is 17.8 Å². The van der Waals surface area contributed by atoms with Crippen LogP contribution in [0.4, 0.5) is 0 Å². The second kappa shape index (κ2) is 7.17. The summed E-state index contributed by atoms with van der Waals surface area (Å²) < 4.78 is 27.6. The Morgan fingerprint density at radius 3 is 1.93 bits per heavy atom. The van der Waals surface area contributed by atoms with Crippen molar-refractivity contribution in [2.24, 2.45) is 17.8 Å². The molecular weight excluding hydrogens is 403 g/mol. The molecule has 6 rings (SSSR count). The molecule has 150 valence electrons. The second-order valence-corrected chi connectivity index (χ2v) is 11.3. The van der Waals surface area contributed by atoms with Crippen molar-refractivity contribution in [2.75, 3.05) is 26.2 Å². The minimum atomic E-state index is -3.50. The van der Waals surface area contributed by atoms with Crippen LogP contribution in [0.1, 0.15) is 38.5 Å². The number of halogens is 2. The molecule has 27 heavy (non-hydrogen) atoms. The molecule has 4 aliphatic carbocycles. The summed E-state index contributed by atoms with van der Waals surface area (Å²) in [4.78, 5) is 2.89. The first-order chi connectivity index (χ1) is 12.5. The molecule has 4 bridgehead atoms. The van der Waals surface area contributed by atoms with Gasteiger partial charge in [0.25, 0.3) is 0 Å². The van der Waals surface area contributed by atoms with E-state index in [9.17, 15) is 8.42 Å². The maximum atomic E-state index is 13.0. The minimum absolute atomic E-state index is 0. The van der Waals surface area contributed by atoms with E-state index in [1.165, 1.54) is 38.5 Å². The van der Waals surface area contributed by atoms with Crippen molar-refractivity contribution >= 4 is 34.0 Å². The smallest absolute Gasteiger partial charge is 0.244 e. The summed E-state index contributed by atoms with van der Waals surface area (Å²) in [6.45, 7) is 2.87. The summed E-state index contributed by atoms with van der Waals surface area (Å²) in [7, 11) is -3.50. The molecule has 4 nitrogen and oxygen atoms in total. The molecule has 7 heteroatoms. The fourth-order valence-electron chi connectivity index (χ4n) is 6.65. The monoisotopic (exact) mass is 430 g/mol. The quantitative estimate of drug-likeness (QED) is 0.726. The van der Waals surface area contributed by atoms with Gasteiger partial charge in [-0.15, -0.1) is 12.4 Å². The molecule has 0 aromatic heterocycles. The van der Waals surface area contributed by atoms with Gasteiger partial charge in [0.2, 0.25) is 10.0 Å². The lowest BCUT2D eigenvalue weighted by Gasteiger charge is -2.61. The van der Waals surface area contributed by atoms with Crippen LogP contribution in [0.5, 0.6) is 0 Å². The van der Waals surface area contributed by atoms with Crippen molar-refractivity contribution in [1.82, 2.24) is 9.21 Å². The van der Waals surface area contributed by atoms with E-state index in [0.29, 0.717) is 23.7 Å². The number of rotatable bonds is 3. The highest BCUT2D eigenvalue weighted by Gasteiger charge is 2.53. The van der Waals surface area contributed by atoms with Gasteiger partial charge in [-0.05, 0) is 68.4 Å². The summed E-state index contributed by atoms with van der Waals surface area (Å²) in [5.41, 5.74) is 0.370. The average Bonchev–Trinajstić information content (AvgIpc) is 2.61. The summed E-state index contributed by atoms with van der Waals surface area (Å²) >= 11 is 6.15. The van der Waals surface area contributed by atoms with Crippen LogP contribution < -0.4 is 0 Å². The number of hydrogen-bond donors (Lipinski definition) is 0. The zero-order valence-corrected chi connectivity index (χ0v) is 17.9. The number of hydrogen-bond acceptors (Lipinski definition) is 3. The Bertz CT molecular complexity index is 771. The van der Waals surface area contributed by atoms with E-state index < -0.39 is 10.0 Å². The van der Waals surface area contributed by atoms with Crippen molar-refractivity contribution < 1.29 is 8.42 Å². The lowest BCUT2D eigenvalue weighted by atomic mass is 9.52. The summed E-state index contributed by atoms with van der Waals surface area (Å²) in [6.07, 6.45) is 8.36. The van der Waals surface area contributed by atoms with E-state index in [1.54, 1.807) is 28.6 Å². The molecule has 1 aliphatic heterocycles. The van der Waals surface area contributed by atoms with Gasteiger partial charge < -0.3 is 0 Å². The fraction of sp³-hybridized carbons (Fsp3) is 0.700. The van der Waals surface area contributed by atoms with Crippen LogP contribution >= 0.6 is 24.0 Å². The lowest BCUT2D eigenvalue weighted by molar-refractivity contribution is -0.0964. The van der Waals surface area contributed by atoms with Crippen molar-refractivity contribution in [1.29, 1.82) is 0 Å². The standard InChI is InChI=1S/C20H27ClN2O2S.ClH/c21-18-3-1-2-4-19(18)26(24,25)23-7-5-22(6-8-23)20-12-15-9-16(13-20)11-17(10-15)14-20;/h1-4,15-17H,5-14H2;1H. The van der Waals surface area contributed by atoms with Crippen molar-refractivity contribution in [3.8, 4) is 0 Å². The molecule has 1 aromatic carbocycles. The van der Waals surface area contributed by atoms with Gasteiger partial charge in [-0.2, -0.15) is 4.31 Å². The van der Waals surface area contributed by atoms with Gasteiger partial charge in [0.1, 0.15) is 4.90 Å².